The van der Waals surface area contributed by atoms with Crippen molar-refractivity contribution in [2.24, 2.45) is 0 Å². The number of rotatable bonds is 8. The average molecular weight is 286 g/mol. The third kappa shape index (κ3) is 5.64. The summed E-state index contributed by atoms with van der Waals surface area (Å²) in [6, 6.07) is 11.3. The summed E-state index contributed by atoms with van der Waals surface area (Å²) >= 11 is 0. The first-order valence-corrected chi connectivity index (χ1v) is 8.41. The Kier molecular flexibility index (Phi) is 6.98. The van der Waals surface area contributed by atoms with Gasteiger partial charge in [-0.1, -0.05) is 56.2 Å². The molecule has 1 N–H and O–H groups in total. The number of nitrogens with one attached hydrogen (secondary N) is 1. The lowest BCUT2D eigenvalue weighted by Crippen LogP contribution is -2.35. The van der Waals surface area contributed by atoms with Crippen molar-refractivity contribution in [3.8, 4) is 0 Å². The van der Waals surface area contributed by atoms with Crippen molar-refractivity contribution in [1.29, 1.82) is 0 Å². The summed E-state index contributed by atoms with van der Waals surface area (Å²) in [4.78, 5) is 2.56. The van der Waals surface area contributed by atoms with E-state index in [2.05, 4.69) is 48.1 Å². The van der Waals surface area contributed by atoms with Crippen LogP contribution in [-0.4, -0.2) is 37.6 Å². The van der Waals surface area contributed by atoms with Gasteiger partial charge < -0.3 is 10.2 Å². The van der Waals surface area contributed by atoms with Gasteiger partial charge in [0.15, 0.2) is 0 Å². The fourth-order valence-corrected chi connectivity index (χ4v) is 3.17. The van der Waals surface area contributed by atoms with Crippen LogP contribution in [0.3, 0.4) is 0 Å². The van der Waals surface area contributed by atoms with Crippen LogP contribution in [-0.2, 0) is 0 Å². The van der Waals surface area contributed by atoms with Crippen LogP contribution in [0.4, 0.5) is 0 Å². The summed E-state index contributed by atoms with van der Waals surface area (Å²) in [6.45, 7) is 7.32. The van der Waals surface area contributed by atoms with Gasteiger partial charge in [-0.25, -0.2) is 0 Å². The van der Waals surface area contributed by atoms with Crippen LogP contribution in [0.5, 0.6) is 0 Å². The van der Waals surface area contributed by atoms with Gasteiger partial charge in [-0.3, -0.25) is 0 Å². The Bertz CT molecular complexity index is 407. The Morgan fingerprint density at radius 2 is 1.90 bits per heavy atom. The maximum absolute atomic E-state index is 4.16. The molecule has 1 fully saturated rings. The van der Waals surface area contributed by atoms with Crippen molar-refractivity contribution >= 4 is 5.57 Å². The molecule has 0 unspecified atom stereocenters. The highest BCUT2D eigenvalue weighted by Crippen LogP contribution is 2.21. The Labute approximate surface area is 130 Å². The minimum absolute atomic E-state index is 0.832. The lowest BCUT2D eigenvalue weighted by molar-refractivity contribution is 0.190. The molecule has 0 bridgehead atoms. The lowest BCUT2D eigenvalue weighted by atomic mass is 9.94. The summed E-state index contributed by atoms with van der Waals surface area (Å²) in [5.74, 6) is 0. The van der Waals surface area contributed by atoms with Crippen LogP contribution in [0.2, 0.25) is 0 Å². The minimum Gasteiger partial charge on any atom is -0.313 e. The van der Waals surface area contributed by atoms with Crippen molar-refractivity contribution in [2.45, 2.75) is 44.6 Å². The Hall–Kier alpha value is -1.12. The summed E-state index contributed by atoms with van der Waals surface area (Å²) in [7, 11) is 2.29. The van der Waals surface area contributed by atoms with Crippen molar-refractivity contribution in [3.63, 3.8) is 0 Å². The normalized spacial score (nSPS) is 16.3. The van der Waals surface area contributed by atoms with E-state index in [4.69, 9.17) is 0 Å². The first-order valence-electron chi connectivity index (χ1n) is 8.41. The number of benzene rings is 1. The first kappa shape index (κ1) is 16.3. The zero-order valence-corrected chi connectivity index (χ0v) is 13.5. The summed E-state index contributed by atoms with van der Waals surface area (Å²) < 4.78 is 0. The van der Waals surface area contributed by atoms with E-state index in [1.165, 1.54) is 56.2 Å². The first-order chi connectivity index (χ1) is 10.3. The number of hydrogen-bond donors (Lipinski definition) is 1. The maximum atomic E-state index is 4.16. The molecule has 2 nitrogen and oxygen atoms in total. The molecule has 21 heavy (non-hydrogen) atoms. The van der Waals surface area contributed by atoms with Gasteiger partial charge in [0, 0.05) is 12.6 Å². The molecule has 0 saturated heterocycles. The van der Waals surface area contributed by atoms with E-state index in [9.17, 15) is 0 Å². The van der Waals surface area contributed by atoms with Gasteiger partial charge in [0.2, 0.25) is 0 Å². The molecule has 2 rings (SSSR count). The van der Waals surface area contributed by atoms with E-state index in [0.717, 1.165) is 19.1 Å². The van der Waals surface area contributed by atoms with Crippen molar-refractivity contribution in [3.05, 3.63) is 42.5 Å². The van der Waals surface area contributed by atoms with E-state index in [0.29, 0.717) is 0 Å². The molecule has 2 heteroatoms. The van der Waals surface area contributed by atoms with Crippen molar-refractivity contribution in [2.75, 3.05) is 26.7 Å². The number of hydrogen-bond acceptors (Lipinski definition) is 2. The van der Waals surface area contributed by atoms with Crippen LogP contribution >= 0.6 is 0 Å². The van der Waals surface area contributed by atoms with Crippen LogP contribution in [0, 0.1) is 0 Å². The van der Waals surface area contributed by atoms with Crippen LogP contribution < -0.4 is 5.32 Å². The standard InChI is InChI=1S/C19H30N2/c1-17(18-10-5-3-6-11-18)16-20-14-9-15-21(2)19-12-7-4-8-13-19/h3,5-6,10-11,19-20H,1,4,7-9,12-16H2,2H3. The highest BCUT2D eigenvalue weighted by Gasteiger charge is 2.16. The van der Waals surface area contributed by atoms with Gasteiger partial charge in [-0.05, 0) is 50.5 Å². The smallest absolute Gasteiger partial charge is 0.0205 e. The molecule has 0 heterocycles. The molecule has 1 aromatic carbocycles. The molecule has 0 amide bonds. The second-order valence-corrected chi connectivity index (χ2v) is 6.27. The fraction of sp³-hybridized carbons (Fsp3) is 0.579. The highest BCUT2D eigenvalue weighted by atomic mass is 15.1. The molecule has 116 valence electrons. The lowest BCUT2D eigenvalue weighted by Gasteiger charge is -2.31. The monoisotopic (exact) mass is 286 g/mol. The largest absolute Gasteiger partial charge is 0.313 e. The summed E-state index contributed by atoms with van der Waals surface area (Å²) in [5.41, 5.74) is 2.42. The molecular formula is C19H30N2. The number of nitrogens with zero attached hydrogens (tertiary/aromatic N) is 1. The molecule has 0 radical (unpaired) electrons. The molecule has 1 aromatic rings. The molecule has 1 aliphatic rings. The van der Waals surface area contributed by atoms with Gasteiger partial charge in [0.1, 0.15) is 0 Å². The second-order valence-electron chi connectivity index (χ2n) is 6.27. The van der Waals surface area contributed by atoms with Crippen LogP contribution in [0.25, 0.3) is 5.57 Å². The third-order valence-electron chi connectivity index (χ3n) is 4.58. The van der Waals surface area contributed by atoms with Gasteiger partial charge in [-0.15, -0.1) is 0 Å². The zero-order valence-electron chi connectivity index (χ0n) is 13.5. The topological polar surface area (TPSA) is 15.3 Å². The Balaban J connectivity index is 1.56. The molecule has 0 atom stereocenters. The SMILES string of the molecule is C=C(CNCCCN(C)C1CCCCC1)c1ccccc1. The average Bonchev–Trinajstić information content (AvgIpc) is 2.55. The Morgan fingerprint density at radius 1 is 1.19 bits per heavy atom. The van der Waals surface area contributed by atoms with E-state index in [1.807, 2.05) is 6.07 Å². The molecule has 1 saturated carbocycles. The van der Waals surface area contributed by atoms with E-state index in [-0.39, 0.29) is 0 Å². The highest BCUT2D eigenvalue weighted by molar-refractivity contribution is 5.64. The van der Waals surface area contributed by atoms with Gasteiger partial charge in [-0.2, -0.15) is 0 Å². The van der Waals surface area contributed by atoms with Crippen molar-refractivity contribution < 1.29 is 0 Å². The quantitative estimate of drug-likeness (QED) is 0.728. The van der Waals surface area contributed by atoms with E-state index < -0.39 is 0 Å². The summed E-state index contributed by atoms with van der Waals surface area (Å²) in [6.07, 6.45) is 8.29. The zero-order chi connectivity index (χ0) is 14.9. The molecule has 0 aromatic heterocycles. The molecular weight excluding hydrogens is 256 g/mol. The van der Waals surface area contributed by atoms with Gasteiger partial charge in [0.25, 0.3) is 0 Å². The fourth-order valence-electron chi connectivity index (χ4n) is 3.17. The van der Waals surface area contributed by atoms with Gasteiger partial charge in [0.05, 0.1) is 0 Å². The van der Waals surface area contributed by atoms with E-state index in [1.54, 1.807) is 0 Å². The van der Waals surface area contributed by atoms with Crippen molar-refractivity contribution in [1.82, 2.24) is 10.2 Å². The molecule has 0 spiro atoms. The van der Waals surface area contributed by atoms with Crippen LogP contribution in [0.15, 0.2) is 36.9 Å². The van der Waals surface area contributed by atoms with Crippen LogP contribution in [0.1, 0.15) is 44.1 Å². The predicted octanol–water partition coefficient (Wildman–Crippen LogP) is 3.94. The van der Waals surface area contributed by atoms with E-state index >= 15 is 0 Å². The summed E-state index contributed by atoms with van der Waals surface area (Å²) in [5, 5.41) is 3.52. The van der Waals surface area contributed by atoms with Gasteiger partial charge >= 0.3 is 0 Å². The third-order valence-corrected chi connectivity index (χ3v) is 4.58. The second kappa shape index (κ2) is 9.01. The molecule has 1 aliphatic carbocycles. The Morgan fingerprint density at radius 3 is 2.62 bits per heavy atom. The minimum atomic E-state index is 0.832. The maximum Gasteiger partial charge on any atom is 0.0205 e. The predicted molar refractivity (Wildman–Crippen MR) is 92.5 cm³/mol. The molecule has 0 aliphatic heterocycles.